The Kier molecular flexibility index (Phi) is 19.9. The highest BCUT2D eigenvalue weighted by Gasteiger charge is 2.38. The zero-order chi connectivity index (χ0) is 54.8. The Morgan fingerprint density at radius 1 is 0.831 bits per heavy atom. The summed E-state index contributed by atoms with van der Waals surface area (Å²) in [7, 11) is 5.08. The van der Waals surface area contributed by atoms with Crippen LogP contribution in [0.25, 0.3) is 15.9 Å². The summed E-state index contributed by atoms with van der Waals surface area (Å²) in [4.78, 5) is 79.0. The molecule has 5 aromatic rings. The van der Waals surface area contributed by atoms with E-state index in [4.69, 9.17) is 35.5 Å². The van der Waals surface area contributed by atoms with Crippen molar-refractivity contribution in [2.45, 2.75) is 110 Å². The third kappa shape index (κ3) is 13.4. The molecule has 414 valence electrons. The number of carbonyl (C=O) groups is 5. The largest absolute Gasteiger partial charge is 0.497 e. The number of benzene rings is 2. The molecule has 0 spiro atoms. The van der Waals surface area contributed by atoms with Crippen molar-refractivity contribution in [2.75, 3.05) is 80.0 Å². The van der Waals surface area contributed by atoms with Gasteiger partial charge in [0.25, 0.3) is 5.91 Å². The van der Waals surface area contributed by atoms with Crippen LogP contribution in [0.1, 0.15) is 131 Å². The van der Waals surface area contributed by atoms with Crippen LogP contribution in [0.2, 0.25) is 5.02 Å². The summed E-state index contributed by atoms with van der Waals surface area (Å²) in [5.74, 6) is 1.37. The fraction of sp³-hybridized carbons (Fsp3) is 0.544. The Morgan fingerprint density at radius 3 is 2.14 bits per heavy atom. The maximum absolute atomic E-state index is 14.5. The number of hydrogen-bond donors (Lipinski definition) is 2. The van der Waals surface area contributed by atoms with E-state index in [0.717, 1.165) is 65.3 Å². The smallest absolute Gasteiger partial charge is 0.271 e. The minimum absolute atomic E-state index is 0.0629. The van der Waals surface area contributed by atoms with E-state index in [1.807, 2.05) is 47.9 Å². The van der Waals surface area contributed by atoms with E-state index in [2.05, 4.69) is 34.7 Å². The number of ketones is 2. The van der Waals surface area contributed by atoms with Gasteiger partial charge in [-0.2, -0.15) is 0 Å². The van der Waals surface area contributed by atoms with Gasteiger partial charge in [-0.3, -0.25) is 33.5 Å². The third-order valence-corrected chi connectivity index (χ3v) is 16.7. The fourth-order valence-electron chi connectivity index (χ4n) is 10.6. The number of aliphatic imine (C=N–C) groups is 1. The third-order valence-electron chi connectivity index (χ3n) is 15.2. The monoisotopic (exact) mass is 1100 g/mol. The highest BCUT2D eigenvalue weighted by atomic mass is 35.5. The number of thiophene rings is 1. The van der Waals surface area contributed by atoms with E-state index in [1.54, 1.807) is 59.9 Å². The molecule has 8 rings (SSSR count). The Balaban J connectivity index is 0.761. The SMILES string of the molecule is CN[C@@H](C)C(=O)N[C@H](C(=O)N1CCN(C(=O)c2c(C(=O)CCCOCCOCCOCCCC(=O)C[C@@H]3N=C(c4ccc(Cl)cc4)c4c(sc(C)c4C)-n4c(C)nnc43)c3ccc(OC)cc3n2C)CC1)C1CCCCC1. The topological polar surface area (TPSA) is 201 Å². The molecule has 20 heteroatoms. The number of rotatable bonds is 25. The number of Topliss-reactive ketones (excluding diaryl/α,β-unsaturated/α-hetero) is 2. The first kappa shape index (κ1) is 57.3. The van der Waals surface area contributed by atoms with Crippen molar-refractivity contribution in [3.05, 3.63) is 92.0 Å². The summed E-state index contributed by atoms with van der Waals surface area (Å²) in [5.41, 5.74) is 5.26. The normalized spacial score (nSPS) is 16.6. The van der Waals surface area contributed by atoms with E-state index in [-0.39, 0.29) is 48.0 Å². The van der Waals surface area contributed by atoms with Gasteiger partial charge in [-0.05, 0) is 96.2 Å². The first-order valence-electron chi connectivity index (χ1n) is 27.1. The number of amides is 3. The maximum atomic E-state index is 14.5. The molecule has 3 atom stereocenters. The Labute approximate surface area is 460 Å². The Bertz CT molecular complexity index is 2940. The van der Waals surface area contributed by atoms with Crippen molar-refractivity contribution >= 4 is 68.8 Å². The lowest BCUT2D eigenvalue weighted by Crippen LogP contribution is -2.59. The number of likely N-dealkylation sites (N-methyl/N-ethyl adjacent to an activating group) is 1. The summed E-state index contributed by atoms with van der Waals surface area (Å²) in [5, 5.41) is 17.2. The molecule has 1 saturated heterocycles. The molecular weight excluding hydrogens is 1020 g/mol. The molecule has 0 bridgehead atoms. The molecule has 2 N–H and O–H groups in total. The van der Waals surface area contributed by atoms with Crippen LogP contribution in [0.4, 0.5) is 0 Å². The summed E-state index contributed by atoms with van der Waals surface area (Å²) in [6.45, 7) is 11.3. The lowest BCUT2D eigenvalue weighted by Gasteiger charge is -2.39. The minimum Gasteiger partial charge on any atom is -0.497 e. The van der Waals surface area contributed by atoms with Gasteiger partial charge in [0.05, 0.1) is 56.4 Å². The second kappa shape index (κ2) is 26.7. The van der Waals surface area contributed by atoms with E-state index in [9.17, 15) is 24.0 Å². The van der Waals surface area contributed by atoms with Crippen molar-refractivity contribution in [3.8, 4) is 10.8 Å². The van der Waals surface area contributed by atoms with Gasteiger partial charge >= 0.3 is 0 Å². The molecule has 3 aromatic heterocycles. The van der Waals surface area contributed by atoms with Gasteiger partial charge < -0.3 is 43.9 Å². The van der Waals surface area contributed by atoms with Crippen molar-refractivity contribution in [1.82, 2.24) is 39.8 Å². The lowest BCUT2D eigenvalue weighted by atomic mass is 9.83. The second-order valence-electron chi connectivity index (χ2n) is 20.3. The standard InChI is InChI=1S/C57H74ClN9O9S/c1-35-37(3)77-57-48(35)50(40-17-19-41(58)20-18-40)60-45(53-63-62-38(4)67(53)57)33-42(68)15-11-27-74-29-31-76-32-30-75-28-12-16-47(69)49-44-22-21-43(73-7)34-46(44)64(6)52(49)56(72)66-25-23-65(24-26-66)55(71)51(39-13-9-8-10-14-39)61-54(70)36(2)59-5/h17-22,34,36,39,45,51,59H,8-16,23-33H2,1-7H3,(H,61,70)/t36-,45-,51-/m0/s1. The van der Waals surface area contributed by atoms with E-state index >= 15 is 0 Å². The zero-order valence-electron chi connectivity index (χ0n) is 45.6. The molecule has 1 saturated carbocycles. The van der Waals surface area contributed by atoms with Gasteiger partial charge in [-0.25, -0.2) is 0 Å². The number of hydrogen-bond acceptors (Lipinski definition) is 14. The Morgan fingerprint density at radius 2 is 1.48 bits per heavy atom. The van der Waals surface area contributed by atoms with Gasteiger partial charge in [0.1, 0.15) is 40.1 Å². The highest BCUT2D eigenvalue weighted by molar-refractivity contribution is 7.15. The number of fused-ring (bicyclic) bond motifs is 4. The molecule has 2 fully saturated rings. The molecule has 18 nitrogen and oxygen atoms in total. The number of nitrogens with one attached hydrogen (secondary N) is 2. The molecule has 0 unspecified atom stereocenters. The number of halogens is 1. The van der Waals surface area contributed by atoms with Crippen LogP contribution in [0.5, 0.6) is 5.75 Å². The average molecular weight is 1100 g/mol. The van der Waals surface area contributed by atoms with Gasteiger partial charge in [-0.1, -0.05) is 43.0 Å². The van der Waals surface area contributed by atoms with Gasteiger partial charge in [0.15, 0.2) is 11.6 Å². The van der Waals surface area contributed by atoms with Gasteiger partial charge in [0.2, 0.25) is 11.8 Å². The first-order valence-corrected chi connectivity index (χ1v) is 28.3. The number of aromatic nitrogens is 4. The molecule has 5 heterocycles. The fourth-order valence-corrected chi connectivity index (χ4v) is 12.0. The summed E-state index contributed by atoms with van der Waals surface area (Å²) in [6.07, 6.45) is 6.64. The lowest BCUT2D eigenvalue weighted by molar-refractivity contribution is -0.140. The Hall–Kier alpha value is -5.83. The van der Waals surface area contributed by atoms with Crippen LogP contribution >= 0.6 is 22.9 Å². The number of piperazine rings is 1. The van der Waals surface area contributed by atoms with Crippen molar-refractivity contribution in [1.29, 1.82) is 0 Å². The van der Waals surface area contributed by atoms with Crippen molar-refractivity contribution in [3.63, 3.8) is 0 Å². The highest BCUT2D eigenvalue weighted by Crippen LogP contribution is 2.40. The van der Waals surface area contributed by atoms with Crippen LogP contribution in [-0.2, 0) is 35.6 Å². The summed E-state index contributed by atoms with van der Waals surface area (Å²) < 4.78 is 26.7. The van der Waals surface area contributed by atoms with Gasteiger partial charge in [0, 0.05) is 98.2 Å². The average Bonchev–Trinajstić information content (AvgIpc) is 4.07. The van der Waals surface area contributed by atoms with E-state index < -0.39 is 18.1 Å². The second-order valence-corrected chi connectivity index (χ2v) is 21.9. The minimum atomic E-state index is -0.616. The quantitative estimate of drug-likeness (QED) is 0.0427. The molecule has 3 aliphatic rings. The number of aryl methyl sites for hydroxylation is 3. The van der Waals surface area contributed by atoms with E-state index in [0.29, 0.717) is 124 Å². The van der Waals surface area contributed by atoms with Crippen LogP contribution in [0, 0.1) is 26.7 Å². The molecule has 0 radical (unpaired) electrons. The number of nitrogens with zero attached hydrogens (tertiary/aromatic N) is 7. The van der Waals surface area contributed by atoms with E-state index in [1.165, 1.54) is 4.88 Å². The summed E-state index contributed by atoms with van der Waals surface area (Å²) >= 11 is 7.93. The van der Waals surface area contributed by atoms with Crippen LogP contribution in [-0.4, -0.2) is 156 Å². The maximum Gasteiger partial charge on any atom is 0.271 e. The van der Waals surface area contributed by atoms with Crippen LogP contribution < -0.4 is 15.4 Å². The molecular formula is C57H74ClN9O9S. The molecule has 2 aromatic carbocycles. The molecule has 3 amide bonds. The molecule has 2 aliphatic heterocycles. The number of ether oxygens (including phenoxy) is 4. The number of methoxy groups -OCH3 is 1. The van der Waals surface area contributed by atoms with Crippen molar-refractivity contribution in [2.24, 2.45) is 18.0 Å². The summed E-state index contributed by atoms with van der Waals surface area (Å²) in [6, 6.07) is 11.5. The van der Waals surface area contributed by atoms with Crippen LogP contribution in [0.15, 0.2) is 47.5 Å². The first-order chi connectivity index (χ1) is 37.2. The number of carbonyl (C=O) groups excluding carboxylic acids is 5. The zero-order valence-corrected chi connectivity index (χ0v) is 47.2. The van der Waals surface area contributed by atoms with Crippen molar-refractivity contribution < 1.29 is 42.9 Å². The predicted octanol–water partition coefficient (Wildman–Crippen LogP) is 7.71. The van der Waals surface area contributed by atoms with Crippen LogP contribution in [0.3, 0.4) is 0 Å². The predicted molar refractivity (Wildman–Crippen MR) is 297 cm³/mol. The molecule has 1 aliphatic carbocycles. The molecule has 77 heavy (non-hydrogen) atoms. The van der Waals surface area contributed by atoms with Gasteiger partial charge in [-0.15, -0.1) is 21.5 Å².